The summed E-state index contributed by atoms with van der Waals surface area (Å²) in [6.45, 7) is 1.81. The summed E-state index contributed by atoms with van der Waals surface area (Å²) in [4.78, 5) is 17.9. The van der Waals surface area contributed by atoms with Crippen LogP contribution in [0.4, 0.5) is 0 Å². The topological polar surface area (TPSA) is 50.6 Å². The molecule has 1 aromatic heterocycles. The molecule has 0 aliphatic rings. The Kier molecular flexibility index (Phi) is 7.85. The van der Waals surface area contributed by atoms with Crippen LogP contribution in [0.3, 0.4) is 0 Å². The molecule has 0 spiro atoms. The number of nitrogens with zero attached hydrogens (tertiary/aromatic N) is 4. The van der Waals surface area contributed by atoms with Crippen LogP contribution in [0.2, 0.25) is 5.02 Å². The van der Waals surface area contributed by atoms with Crippen molar-refractivity contribution in [1.29, 1.82) is 0 Å². The van der Waals surface area contributed by atoms with Crippen molar-refractivity contribution in [2.45, 2.75) is 6.54 Å². The van der Waals surface area contributed by atoms with Gasteiger partial charge >= 0.3 is 0 Å². The Hall–Kier alpha value is -3.61. The molecule has 0 atom stereocenters. The first-order valence-corrected chi connectivity index (χ1v) is 11.8. The summed E-state index contributed by atoms with van der Waals surface area (Å²) in [5.74, 6) is 0.608. The van der Waals surface area contributed by atoms with Gasteiger partial charge in [0, 0.05) is 25.2 Å². The Morgan fingerprint density at radius 2 is 1.69 bits per heavy atom. The Morgan fingerprint density at radius 1 is 0.943 bits per heavy atom. The second-order valence-electron chi connectivity index (χ2n) is 8.53. The van der Waals surface area contributed by atoms with Gasteiger partial charge in [0.1, 0.15) is 11.4 Å². The largest absolute Gasteiger partial charge is 0.497 e. The van der Waals surface area contributed by atoms with E-state index in [1.807, 2.05) is 97.9 Å². The van der Waals surface area contributed by atoms with Crippen molar-refractivity contribution in [3.8, 4) is 22.7 Å². The molecule has 0 N–H and O–H groups in total. The Morgan fingerprint density at radius 3 is 2.40 bits per heavy atom. The van der Waals surface area contributed by atoms with Gasteiger partial charge in [-0.2, -0.15) is 5.10 Å². The van der Waals surface area contributed by atoms with Crippen molar-refractivity contribution < 1.29 is 9.53 Å². The first-order valence-electron chi connectivity index (χ1n) is 11.4. The van der Waals surface area contributed by atoms with E-state index in [0.717, 1.165) is 23.4 Å². The minimum absolute atomic E-state index is 0.114. The summed E-state index contributed by atoms with van der Waals surface area (Å²) >= 11 is 6.54. The molecule has 1 heterocycles. The van der Waals surface area contributed by atoms with Crippen LogP contribution in [0, 0.1) is 0 Å². The molecule has 35 heavy (non-hydrogen) atoms. The lowest BCUT2D eigenvalue weighted by Crippen LogP contribution is -2.37. The summed E-state index contributed by atoms with van der Waals surface area (Å²) in [7, 11) is 5.63. The van der Waals surface area contributed by atoms with E-state index in [0.29, 0.717) is 35.2 Å². The lowest BCUT2D eigenvalue weighted by molar-refractivity contribution is 0.0722. The zero-order chi connectivity index (χ0) is 24.8. The van der Waals surface area contributed by atoms with E-state index in [-0.39, 0.29) is 5.91 Å². The van der Waals surface area contributed by atoms with E-state index in [2.05, 4.69) is 4.90 Å². The Balaban J connectivity index is 1.79. The van der Waals surface area contributed by atoms with Gasteiger partial charge in [-0.3, -0.25) is 4.79 Å². The van der Waals surface area contributed by atoms with E-state index in [4.69, 9.17) is 21.4 Å². The number of hydrogen-bond acceptors (Lipinski definition) is 4. The molecule has 0 aliphatic carbocycles. The van der Waals surface area contributed by atoms with E-state index in [9.17, 15) is 4.79 Å². The van der Waals surface area contributed by atoms with Crippen molar-refractivity contribution in [3.05, 3.63) is 101 Å². The number of ether oxygens (including phenoxy) is 1. The van der Waals surface area contributed by atoms with Crippen LogP contribution >= 0.6 is 11.6 Å². The van der Waals surface area contributed by atoms with Crippen molar-refractivity contribution in [2.24, 2.45) is 0 Å². The van der Waals surface area contributed by atoms with Crippen LogP contribution in [0.25, 0.3) is 16.9 Å². The van der Waals surface area contributed by atoms with Gasteiger partial charge in [0.2, 0.25) is 0 Å². The average Bonchev–Trinajstić information content (AvgIpc) is 3.32. The summed E-state index contributed by atoms with van der Waals surface area (Å²) in [6.07, 6.45) is 0. The Labute approximate surface area is 211 Å². The highest BCUT2D eigenvalue weighted by Gasteiger charge is 2.24. The molecule has 0 fully saturated rings. The predicted molar refractivity (Wildman–Crippen MR) is 140 cm³/mol. The molecule has 6 nitrogen and oxygen atoms in total. The quantitative estimate of drug-likeness (QED) is 0.316. The van der Waals surface area contributed by atoms with Gasteiger partial charge in [0.25, 0.3) is 5.91 Å². The number of aromatic nitrogens is 2. The van der Waals surface area contributed by atoms with Gasteiger partial charge in [-0.05, 0) is 50.0 Å². The number of para-hydroxylation sites is 1. The molecule has 4 rings (SSSR count). The number of hydrogen-bond donors (Lipinski definition) is 0. The molecule has 3 aromatic carbocycles. The zero-order valence-electron chi connectivity index (χ0n) is 20.2. The van der Waals surface area contributed by atoms with Crippen LogP contribution < -0.4 is 4.74 Å². The zero-order valence-corrected chi connectivity index (χ0v) is 20.9. The second kappa shape index (κ2) is 11.2. The number of benzene rings is 3. The monoisotopic (exact) mass is 488 g/mol. The van der Waals surface area contributed by atoms with Gasteiger partial charge in [-0.15, -0.1) is 0 Å². The normalized spacial score (nSPS) is 11.0. The smallest absolute Gasteiger partial charge is 0.272 e. The number of carbonyl (C=O) groups is 1. The summed E-state index contributed by atoms with van der Waals surface area (Å²) in [6, 6.07) is 26.9. The summed E-state index contributed by atoms with van der Waals surface area (Å²) in [5.41, 5.74) is 3.69. The molecule has 0 unspecified atom stereocenters. The molecule has 180 valence electrons. The molecule has 4 aromatic rings. The average molecular weight is 489 g/mol. The van der Waals surface area contributed by atoms with E-state index in [1.165, 1.54) is 0 Å². The molecule has 0 aliphatic heterocycles. The number of methoxy groups -OCH3 is 1. The number of likely N-dealkylation sites (N-methyl/N-ethyl adjacent to an activating group) is 1. The number of carbonyl (C=O) groups excluding carboxylic acids is 1. The highest BCUT2D eigenvalue weighted by atomic mass is 35.5. The van der Waals surface area contributed by atoms with Crippen molar-refractivity contribution in [3.63, 3.8) is 0 Å². The molecule has 0 saturated carbocycles. The second-order valence-corrected chi connectivity index (χ2v) is 8.93. The predicted octanol–water partition coefficient (Wildman–Crippen LogP) is 5.41. The molecular formula is C28H29ClN4O2. The van der Waals surface area contributed by atoms with Gasteiger partial charge in [0.15, 0.2) is 0 Å². The minimum atomic E-state index is -0.114. The van der Waals surface area contributed by atoms with Gasteiger partial charge < -0.3 is 14.5 Å². The molecule has 0 radical (unpaired) electrons. The van der Waals surface area contributed by atoms with Crippen molar-refractivity contribution in [1.82, 2.24) is 19.6 Å². The molecule has 7 heteroatoms. The lowest BCUT2D eigenvalue weighted by atomic mass is 10.1. The van der Waals surface area contributed by atoms with E-state index >= 15 is 0 Å². The standard InChI is InChI=1S/C28H29ClN4O2/c1-31(2)16-17-32(20-21-10-5-4-6-11-21)28(34)27-19-25(22-12-9-13-23(18-22)35-3)30-33(27)26-15-8-7-14-24(26)29/h4-15,18-19H,16-17,20H2,1-3H3. The molecular weight excluding hydrogens is 460 g/mol. The number of halogens is 1. The van der Waals surface area contributed by atoms with Crippen LogP contribution in [0.5, 0.6) is 5.75 Å². The highest BCUT2D eigenvalue weighted by molar-refractivity contribution is 6.32. The maximum Gasteiger partial charge on any atom is 0.272 e. The fourth-order valence-corrected chi connectivity index (χ4v) is 4.02. The van der Waals surface area contributed by atoms with Crippen LogP contribution in [0.1, 0.15) is 16.1 Å². The van der Waals surface area contributed by atoms with Crippen LogP contribution in [0.15, 0.2) is 84.9 Å². The molecule has 0 bridgehead atoms. The maximum atomic E-state index is 14.0. The third-order valence-corrected chi connectivity index (χ3v) is 6.01. The number of rotatable bonds is 9. The first-order chi connectivity index (χ1) is 17.0. The number of amides is 1. The third kappa shape index (κ3) is 5.91. The van der Waals surface area contributed by atoms with Crippen LogP contribution in [-0.4, -0.2) is 59.8 Å². The summed E-state index contributed by atoms with van der Waals surface area (Å²) < 4.78 is 7.03. The van der Waals surface area contributed by atoms with E-state index in [1.54, 1.807) is 17.9 Å². The Bertz CT molecular complexity index is 1290. The van der Waals surface area contributed by atoms with E-state index < -0.39 is 0 Å². The van der Waals surface area contributed by atoms with Crippen LogP contribution in [-0.2, 0) is 6.54 Å². The van der Waals surface area contributed by atoms with Gasteiger partial charge in [-0.25, -0.2) is 4.68 Å². The molecule has 0 saturated heterocycles. The lowest BCUT2D eigenvalue weighted by Gasteiger charge is -2.25. The van der Waals surface area contributed by atoms with Gasteiger partial charge in [0.05, 0.1) is 23.5 Å². The maximum absolute atomic E-state index is 14.0. The third-order valence-electron chi connectivity index (χ3n) is 5.70. The highest BCUT2D eigenvalue weighted by Crippen LogP contribution is 2.28. The van der Waals surface area contributed by atoms with Crippen molar-refractivity contribution >= 4 is 17.5 Å². The van der Waals surface area contributed by atoms with Gasteiger partial charge in [-0.1, -0.05) is 66.2 Å². The summed E-state index contributed by atoms with van der Waals surface area (Å²) in [5, 5.41) is 5.33. The first kappa shape index (κ1) is 24.5. The van der Waals surface area contributed by atoms with Crippen molar-refractivity contribution in [2.75, 3.05) is 34.3 Å². The fourth-order valence-electron chi connectivity index (χ4n) is 3.80. The fraction of sp³-hybridized carbons (Fsp3) is 0.214. The molecule has 1 amide bonds. The SMILES string of the molecule is COc1cccc(-c2cc(C(=O)N(CCN(C)C)Cc3ccccc3)n(-c3ccccc3Cl)n2)c1. The minimum Gasteiger partial charge on any atom is -0.497 e.